The van der Waals surface area contributed by atoms with E-state index in [2.05, 4.69) is 29.4 Å². The summed E-state index contributed by atoms with van der Waals surface area (Å²) >= 11 is 0. The molecule has 0 atom stereocenters. The molecule has 1 aliphatic rings. The number of hydrogen-bond acceptors (Lipinski definition) is 3. The molecule has 0 bridgehead atoms. The lowest BCUT2D eigenvalue weighted by molar-refractivity contribution is -0.131. The van der Waals surface area contributed by atoms with Crippen molar-refractivity contribution in [3.05, 3.63) is 77.7 Å². The van der Waals surface area contributed by atoms with Gasteiger partial charge in [-0.15, -0.1) is 0 Å². The molecule has 2 heterocycles. The molecule has 1 aliphatic heterocycles. The third-order valence-electron chi connectivity index (χ3n) is 4.47. The summed E-state index contributed by atoms with van der Waals surface area (Å²) in [4.78, 5) is 14.4. The van der Waals surface area contributed by atoms with E-state index < -0.39 is 0 Å². The van der Waals surface area contributed by atoms with Gasteiger partial charge >= 0.3 is 0 Å². The largest absolute Gasteiger partial charge is 0.361 e. The molecule has 0 fully saturated rings. The fourth-order valence-electron chi connectivity index (χ4n) is 3.09. The summed E-state index contributed by atoms with van der Waals surface area (Å²) in [5, 5.41) is 3.81. The Hall–Kier alpha value is -2.88. The quantitative estimate of drug-likeness (QED) is 0.743. The van der Waals surface area contributed by atoms with Gasteiger partial charge in [0.1, 0.15) is 5.76 Å². The number of fused-ring (bicyclic) bond motifs is 1. The molecule has 2 aromatic carbocycles. The van der Waals surface area contributed by atoms with Gasteiger partial charge in [0.15, 0.2) is 0 Å². The summed E-state index contributed by atoms with van der Waals surface area (Å²) in [6.45, 7) is 1.29. The molecule has 0 saturated heterocycles. The number of amides is 1. The molecule has 0 radical (unpaired) electrons. The SMILES string of the molecule is O=C(Cc1ccc(-c2ccccc2)cc1)N1CCc2oncc2C1. The minimum Gasteiger partial charge on any atom is -0.361 e. The van der Waals surface area contributed by atoms with Crippen molar-refractivity contribution < 1.29 is 9.32 Å². The van der Waals surface area contributed by atoms with Gasteiger partial charge in [-0.1, -0.05) is 59.8 Å². The van der Waals surface area contributed by atoms with E-state index in [1.54, 1.807) is 6.20 Å². The smallest absolute Gasteiger partial charge is 0.227 e. The van der Waals surface area contributed by atoms with E-state index in [1.165, 1.54) is 11.1 Å². The maximum absolute atomic E-state index is 12.5. The van der Waals surface area contributed by atoms with E-state index in [0.29, 0.717) is 19.5 Å². The van der Waals surface area contributed by atoms with Crippen molar-refractivity contribution >= 4 is 5.91 Å². The van der Waals surface area contributed by atoms with E-state index in [4.69, 9.17) is 4.52 Å². The highest BCUT2D eigenvalue weighted by Crippen LogP contribution is 2.21. The van der Waals surface area contributed by atoms with Crippen molar-refractivity contribution in [1.29, 1.82) is 0 Å². The van der Waals surface area contributed by atoms with Crippen LogP contribution in [-0.4, -0.2) is 22.5 Å². The average Bonchev–Trinajstić information content (AvgIpc) is 3.11. The van der Waals surface area contributed by atoms with E-state index in [-0.39, 0.29) is 5.91 Å². The van der Waals surface area contributed by atoms with Gasteiger partial charge in [-0.25, -0.2) is 0 Å². The Morgan fingerprint density at radius 1 is 1.04 bits per heavy atom. The fraction of sp³-hybridized carbons (Fsp3) is 0.200. The third-order valence-corrected chi connectivity index (χ3v) is 4.47. The van der Waals surface area contributed by atoms with E-state index in [9.17, 15) is 4.79 Å². The average molecular weight is 318 g/mol. The van der Waals surface area contributed by atoms with Crippen LogP contribution in [0.3, 0.4) is 0 Å². The van der Waals surface area contributed by atoms with Crippen LogP contribution in [0.2, 0.25) is 0 Å². The second kappa shape index (κ2) is 6.32. The van der Waals surface area contributed by atoms with Crippen molar-refractivity contribution in [2.24, 2.45) is 0 Å². The van der Waals surface area contributed by atoms with Gasteiger partial charge < -0.3 is 9.42 Å². The molecule has 0 spiro atoms. The van der Waals surface area contributed by atoms with Crippen LogP contribution in [0.15, 0.2) is 65.3 Å². The first kappa shape index (κ1) is 14.7. The first-order chi connectivity index (χ1) is 11.8. The second-order valence-corrected chi connectivity index (χ2v) is 6.08. The topological polar surface area (TPSA) is 46.3 Å². The van der Waals surface area contributed by atoms with Crippen LogP contribution < -0.4 is 0 Å². The molecular weight excluding hydrogens is 300 g/mol. The van der Waals surface area contributed by atoms with Crippen LogP contribution in [0.5, 0.6) is 0 Å². The zero-order valence-electron chi connectivity index (χ0n) is 13.3. The van der Waals surface area contributed by atoms with E-state index >= 15 is 0 Å². The minimum absolute atomic E-state index is 0.148. The number of carbonyl (C=O) groups is 1. The minimum atomic E-state index is 0.148. The van der Waals surface area contributed by atoms with Crippen LogP contribution in [0.25, 0.3) is 11.1 Å². The molecule has 4 heteroatoms. The number of rotatable bonds is 3. The second-order valence-electron chi connectivity index (χ2n) is 6.08. The maximum Gasteiger partial charge on any atom is 0.227 e. The lowest BCUT2D eigenvalue weighted by atomic mass is 10.0. The summed E-state index contributed by atoms with van der Waals surface area (Å²) < 4.78 is 5.17. The van der Waals surface area contributed by atoms with Gasteiger partial charge in [-0.05, 0) is 16.7 Å². The Morgan fingerprint density at radius 3 is 2.58 bits per heavy atom. The summed E-state index contributed by atoms with van der Waals surface area (Å²) in [6.07, 6.45) is 2.88. The van der Waals surface area contributed by atoms with Gasteiger partial charge in [0.2, 0.25) is 5.91 Å². The Labute approximate surface area is 140 Å². The third kappa shape index (κ3) is 2.95. The highest BCUT2D eigenvalue weighted by Gasteiger charge is 2.23. The number of carbonyl (C=O) groups excluding carboxylic acids is 1. The molecule has 0 saturated carbocycles. The van der Waals surface area contributed by atoms with Crippen molar-refractivity contribution in [2.45, 2.75) is 19.4 Å². The van der Waals surface area contributed by atoms with Crippen LogP contribution >= 0.6 is 0 Å². The molecule has 1 amide bonds. The highest BCUT2D eigenvalue weighted by molar-refractivity contribution is 5.79. The predicted octanol–water partition coefficient (Wildman–Crippen LogP) is 3.47. The van der Waals surface area contributed by atoms with Crippen molar-refractivity contribution in [2.75, 3.05) is 6.54 Å². The predicted molar refractivity (Wildman–Crippen MR) is 91.2 cm³/mol. The lowest BCUT2D eigenvalue weighted by Gasteiger charge is -2.25. The van der Waals surface area contributed by atoms with Gasteiger partial charge in [0.25, 0.3) is 0 Å². The van der Waals surface area contributed by atoms with Crippen molar-refractivity contribution in [1.82, 2.24) is 10.1 Å². The Kier molecular flexibility index (Phi) is 3.87. The zero-order valence-corrected chi connectivity index (χ0v) is 13.3. The Balaban J connectivity index is 1.43. The molecular formula is C20H18N2O2. The Bertz CT molecular complexity index is 838. The van der Waals surface area contributed by atoms with Gasteiger partial charge in [0.05, 0.1) is 19.2 Å². The highest BCUT2D eigenvalue weighted by atomic mass is 16.5. The number of benzene rings is 2. The summed E-state index contributed by atoms with van der Waals surface area (Å²) in [6, 6.07) is 18.5. The maximum atomic E-state index is 12.5. The molecule has 4 nitrogen and oxygen atoms in total. The van der Waals surface area contributed by atoms with Crippen LogP contribution in [-0.2, 0) is 24.2 Å². The van der Waals surface area contributed by atoms with Gasteiger partial charge in [0, 0.05) is 18.5 Å². The standard InChI is InChI=1S/C20H18N2O2/c23-20(22-11-10-19-18(14-22)13-21-24-19)12-15-6-8-17(9-7-15)16-4-2-1-3-5-16/h1-9,13H,10-12,14H2. The molecule has 24 heavy (non-hydrogen) atoms. The molecule has 0 N–H and O–H groups in total. The summed E-state index contributed by atoms with van der Waals surface area (Å²) in [5.74, 6) is 1.06. The van der Waals surface area contributed by atoms with E-state index in [1.807, 2.05) is 35.2 Å². The van der Waals surface area contributed by atoms with Crippen LogP contribution in [0.1, 0.15) is 16.9 Å². The molecule has 4 rings (SSSR count). The first-order valence-corrected chi connectivity index (χ1v) is 8.14. The normalized spacial score (nSPS) is 13.6. The molecule has 3 aromatic rings. The first-order valence-electron chi connectivity index (χ1n) is 8.14. The molecule has 120 valence electrons. The zero-order chi connectivity index (χ0) is 16.4. The van der Waals surface area contributed by atoms with Crippen molar-refractivity contribution in [3.63, 3.8) is 0 Å². The molecule has 0 unspecified atom stereocenters. The fourth-order valence-corrected chi connectivity index (χ4v) is 3.09. The Morgan fingerprint density at radius 2 is 1.79 bits per heavy atom. The van der Waals surface area contributed by atoms with Crippen LogP contribution in [0, 0.1) is 0 Å². The number of aromatic nitrogens is 1. The summed E-state index contributed by atoms with van der Waals surface area (Å²) in [5.41, 5.74) is 4.41. The monoisotopic (exact) mass is 318 g/mol. The van der Waals surface area contributed by atoms with Gasteiger partial charge in [-0.3, -0.25) is 4.79 Å². The van der Waals surface area contributed by atoms with Gasteiger partial charge in [-0.2, -0.15) is 0 Å². The summed E-state index contributed by atoms with van der Waals surface area (Å²) in [7, 11) is 0. The molecule has 0 aliphatic carbocycles. The van der Waals surface area contributed by atoms with Crippen LogP contribution in [0.4, 0.5) is 0 Å². The lowest BCUT2D eigenvalue weighted by Crippen LogP contribution is -2.36. The molecule has 1 aromatic heterocycles. The van der Waals surface area contributed by atoms with Crippen molar-refractivity contribution in [3.8, 4) is 11.1 Å². The number of hydrogen-bond donors (Lipinski definition) is 0. The van der Waals surface area contributed by atoms with E-state index in [0.717, 1.165) is 23.3 Å². The number of nitrogens with zero attached hydrogens (tertiary/aromatic N) is 2.